The molecule has 1 atom stereocenters. The lowest BCUT2D eigenvalue weighted by Crippen LogP contribution is -2.20. The van der Waals surface area contributed by atoms with Crippen LogP contribution in [-0.4, -0.2) is 38.0 Å². The topological polar surface area (TPSA) is 55.8 Å². The molecule has 0 fully saturated rings. The van der Waals surface area contributed by atoms with Gasteiger partial charge in [-0.3, -0.25) is 4.79 Å². The molecule has 4 nitrogen and oxygen atoms in total. The number of hydrogen-bond acceptors (Lipinski definition) is 4. The second-order valence-electron chi connectivity index (χ2n) is 1.54. The van der Waals surface area contributed by atoms with Gasteiger partial charge in [-0.05, 0) is 0 Å². The summed E-state index contributed by atoms with van der Waals surface area (Å²) in [7, 11) is 1.46. The summed E-state index contributed by atoms with van der Waals surface area (Å²) in [5.41, 5.74) is 0. The summed E-state index contributed by atoms with van der Waals surface area (Å²) >= 11 is 0. The van der Waals surface area contributed by atoms with E-state index in [9.17, 15) is 4.79 Å². The highest BCUT2D eigenvalue weighted by molar-refractivity contribution is 5.36. The van der Waals surface area contributed by atoms with E-state index in [1.165, 1.54) is 7.11 Å². The van der Waals surface area contributed by atoms with E-state index in [4.69, 9.17) is 5.11 Å². The molecule has 0 amide bonds. The van der Waals surface area contributed by atoms with Crippen LogP contribution in [-0.2, 0) is 14.3 Å². The fourth-order valence-corrected chi connectivity index (χ4v) is 0.391. The van der Waals surface area contributed by atoms with Gasteiger partial charge in [0.2, 0.25) is 0 Å². The molecule has 0 heterocycles. The van der Waals surface area contributed by atoms with Gasteiger partial charge >= 0.3 is 0 Å². The first kappa shape index (κ1) is 8.39. The van der Waals surface area contributed by atoms with Crippen LogP contribution in [0.5, 0.6) is 0 Å². The number of hydrogen-bond donors (Lipinski definition) is 1. The molecule has 0 radical (unpaired) electrons. The summed E-state index contributed by atoms with van der Waals surface area (Å²) in [5.74, 6) is 0. The molecular formula is C5H10O4. The van der Waals surface area contributed by atoms with E-state index < -0.39 is 6.10 Å². The smallest absolute Gasteiger partial charge is 0.293 e. The standard InChI is InChI=1S/C5H10O4/c1-8-2-5(7)3-9-4-6/h4-5,7H,2-3H2,1H3. The molecule has 1 N–H and O–H groups in total. The van der Waals surface area contributed by atoms with Crippen LogP contribution >= 0.6 is 0 Å². The Balaban J connectivity index is 3.04. The maximum Gasteiger partial charge on any atom is 0.293 e. The summed E-state index contributed by atoms with van der Waals surface area (Å²) in [6.45, 7) is 0.476. The Labute approximate surface area is 53.4 Å². The molecule has 54 valence electrons. The molecule has 0 aliphatic heterocycles. The van der Waals surface area contributed by atoms with Crippen LogP contribution in [0, 0.1) is 0 Å². The van der Waals surface area contributed by atoms with Crippen molar-refractivity contribution in [3.63, 3.8) is 0 Å². The zero-order valence-electron chi connectivity index (χ0n) is 5.24. The molecule has 0 aliphatic rings. The van der Waals surface area contributed by atoms with Gasteiger partial charge in [0.15, 0.2) is 0 Å². The SMILES string of the molecule is COCC(O)COC=O. The quantitative estimate of drug-likeness (QED) is 0.498. The van der Waals surface area contributed by atoms with Crippen molar-refractivity contribution in [3.8, 4) is 0 Å². The zero-order valence-corrected chi connectivity index (χ0v) is 5.24. The minimum atomic E-state index is -0.708. The van der Waals surface area contributed by atoms with Crippen molar-refractivity contribution in [1.82, 2.24) is 0 Å². The van der Waals surface area contributed by atoms with E-state index in [1.807, 2.05) is 0 Å². The third kappa shape index (κ3) is 5.26. The van der Waals surface area contributed by atoms with E-state index in [0.717, 1.165) is 0 Å². The van der Waals surface area contributed by atoms with Gasteiger partial charge in [0, 0.05) is 7.11 Å². The van der Waals surface area contributed by atoms with Crippen LogP contribution in [0.3, 0.4) is 0 Å². The third-order valence-electron chi connectivity index (χ3n) is 0.716. The molecule has 0 aromatic heterocycles. The maximum atomic E-state index is 9.54. The Hall–Kier alpha value is -0.610. The van der Waals surface area contributed by atoms with E-state index in [1.54, 1.807) is 0 Å². The Kier molecular flexibility index (Phi) is 5.15. The molecule has 0 aliphatic carbocycles. The summed E-state index contributed by atoms with van der Waals surface area (Å²) in [6, 6.07) is 0. The van der Waals surface area contributed by atoms with E-state index in [2.05, 4.69) is 9.47 Å². The highest BCUT2D eigenvalue weighted by Gasteiger charge is 2.01. The molecule has 0 aromatic rings. The van der Waals surface area contributed by atoms with Gasteiger partial charge in [-0.1, -0.05) is 0 Å². The highest BCUT2D eigenvalue weighted by Crippen LogP contribution is 1.82. The van der Waals surface area contributed by atoms with Crippen molar-refractivity contribution in [2.24, 2.45) is 0 Å². The van der Waals surface area contributed by atoms with Gasteiger partial charge in [0.05, 0.1) is 6.61 Å². The third-order valence-corrected chi connectivity index (χ3v) is 0.716. The number of ether oxygens (including phenoxy) is 2. The zero-order chi connectivity index (χ0) is 7.11. The number of aliphatic hydroxyl groups is 1. The van der Waals surface area contributed by atoms with Crippen molar-refractivity contribution >= 4 is 6.47 Å². The molecule has 0 saturated carbocycles. The first-order valence-electron chi connectivity index (χ1n) is 2.53. The minimum Gasteiger partial charge on any atom is -0.465 e. The van der Waals surface area contributed by atoms with Gasteiger partial charge in [-0.25, -0.2) is 0 Å². The normalized spacial score (nSPS) is 12.7. The lowest BCUT2D eigenvalue weighted by molar-refractivity contribution is -0.132. The van der Waals surface area contributed by atoms with Gasteiger partial charge in [-0.15, -0.1) is 0 Å². The second-order valence-corrected chi connectivity index (χ2v) is 1.54. The largest absolute Gasteiger partial charge is 0.465 e. The summed E-state index contributed by atoms with van der Waals surface area (Å²) in [5, 5.41) is 8.77. The Morgan fingerprint density at radius 2 is 2.33 bits per heavy atom. The van der Waals surface area contributed by atoms with Gasteiger partial charge in [0.25, 0.3) is 6.47 Å². The average molecular weight is 134 g/mol. The monoisotopic (exact) mass is 134 g/mol. The fourth-order valence-electron chi connectivity index (χ4n) is 0.391. The fraction of sp³-hybridized carbons (Fsp3) is 0.800. The van der Waals surface area contributed by atoms with Gasteiger partial charge in [-0.2, -0.15) is 0 Å². The van der Waals surface area contributed by atoms with Crippen LogP contribution in [0.15, 0.2) is 0 Å². The van der Waals surface area contributed by atoms with Crippen molar-refractivity contribution in [3.05, 3.63) is 0 Å². The number of rotatable bonds is 5. The number of carbonyl (C=O) groups is 1. The van der Waals surface area contributed by atoms with Crippen LogP contribution in [0.1, 0.15) is 0 Å². The lowest BCUT2D eigenvalue weighted by Gasteiger charge is -2.05. The number of methoxy groups -OCH3 is 1. The van der Waals surface area contributed by atoms with Gasteiger partial charge < -0.3 is 14.6 Å². The second kappa shape index (κ2) is 5.53. The molecule has 4 heteroatoms. The molecule has 1 unspecified atom stereocenters. The van der Waals surface area contributed by atoms with Crippen molar-refractivity contribution < 1.29 is 19.4 Å². The highest BCUT2D eigenvalue weighted by atomic mass is 16.5. The summed E-state index contributed by atoms with van der Waals surface area (Å²) in [4.78, 5) is 9.54. The van der Waals surface area contributed by atoms with Crippen LogP contribution in [0.2, 0.25) is 0 Å². The minimum absolute atomic E-state index is 0.00264. The molecule has 9 heavy (non-hydrogen) atoms. The number of carbonyl (C=O) groups excluding carboxylic acids is 1. The molecule has 0 spiro atoms. The Morgan fingerprint density at radius 1 is 1.67 bits per heavy atom. The Bertz CT molecular complexity index is 73.4. The first-order chi connectivity index (χ1) is 4.31. The summed E-state index contributed by atoms with van der Waals surface area (Å²) in [6.07, 6.45) is -0.708. The van der Waals surface area contributed by atoms with Crippen molar-refractivity contribution in [2.75, 3.05) is 20.3 Å². The van der Waals surface area contributed by atoms with Crippen LogP contribution in [0.4, 0.5) is 0 Å². The predicted molar refractivity (Wildman–Crippen MR) is 29.9 cm³/mol. The molecule has 0 saturated heterocycles. The summed E-state index contributed by atoms with van der Waals surface area (Å²) < 4.78 is 8.79. The van der Waals surface area contributed by atoms with Gasteiger partial charge in [0.1, 0.15) is 12.7 Å². The van der Waals surface area contributed by atoms with E-state index >= 15 is 0 Å². The van der Waals surface area contributed by atoms with Crippen molar-refractivity contribution in [1.29, 1.82) is 0 Å². The predicted octanol–water partition coefficient (Wildman–Crippen LogP) is -0.833. The van der Waals surface area contributed by atoms with Crippen molar-refractivity contribution in [2.45, 2.75) is 6.10 Å². The number of aliphatic hydroxyl groups excluding tert-OH is 1. The molecular weight excluding hydrogens is 124 g/mol. The van der Waals surface area contributed by atoms with E-state index in [0.29, 0.717) is 6.47 Å². The molecule has 0 aromatic carbocycles. The average Bonchev–Trinajstić information content (AvgIpc) is 1.85. The van der Waals surface area contributed by atoms with Crippen LogP contribution < -0.4 is 0 Å². The lowest BCUT2D eigenvalue weighted by atomic mass is 10.4. The molecule has 0 rings (SSSR count). The maximum absolute atomic E-state index is 9.54. The molecule has 0 bridgehead atoms. The van der Waals surface area contributed by atoms with E-state index in [-0.39, 0.29) is 13.2 Å². The Morgan fingerprint density at radius 3 is 2.78 bits per heavy atom. The first-order valence-corrected chi connectivity index (χ1v) is 2.53. The van der Waals surface area contributed by atoms with Crippen LogP contribution in [0.25, 0.3) is 0 Å².